The molecule has 4 N–H and O–H groups in total. The van der Waals surface area contributed by atoms with Crippen LogP contribution in [0.3, 0.4) is 0 Å². The Balaban J connectivity index is 1.83. The number of ether oxygens (including phenoxy) is 2. The van der Waals surface area contributed by atoms with Crippen molar-refractivity contribution in [1.29, 1.82) is 0 Å². The molecule has 0 bridgehead atoms. The molecule has 0 fully saturated rings. The minimum absolute atomic E-state index is 0.108. The Bertz CT molecular complexity index is 511. The van der Waals surface area contributed by atoms with E-state index in [0.717, 1.165) is 22.9 Å². The topological polar surface area (TPSA) is 70.5 Å². The first-order chi connectivity index (χ1) is 9.94. The number of nitrogen functional groups attached to an aromatic ring is 2. The minimum Gasteiger partial charge on any atom is -0.493 e. The number of nitrogens with two attached hydrogens (primary N) is 2. The summed E-state index contributed by atoms with van der Waals surface area (Å²) >= 11 is 0. The molecule has 112 valence electrons. The Morgan fingerprint density at radius 1 is 0.714 bits per heavy atom. The van der Waals surface area contributed by atoms with Crippen LogP contribution in [-0.2, 0) is 0 Å². The number of rotatable bonds is 6. The van der Waals surface area contributed by atoms with Gasteiger partial charge in [0.2, 0.25) is 0 Å². The molecule has 0 amide bonds. The summed E-state index contributed by atoms with van der Waals surface area (Å²) in [6.07, 6.45) is 0. The first-order valence-electron chi connectivity index (χ1n) is 6.91. The number of hydrogen-bond donors (Lipinski definition) is 2. The van der Waals surface area contributed by atoms with Crippen molar-refractivity contribution in [2.75, 3.05) is 24.7 Å². The fourth-order valence-electron chi connectivity index (χ4n) is 1.73. The number of hydrogen-bond acceptors (Lipinski definition) is 4. The zero-order valence-electron chi connectivity index (χ0n) is 12.5. The second-order valence-corrected chi connectivity index (χ2v) is 5.88. The highest BCUT2D eigenvalue weighted by Gasteiger charge is 2.20. The van der Waals surface area contributed by atoms with Gasteiger partial charge in [-0.2, -0.15) is 0 Å². The van der Waals surface area contributed by atoms with E-state index in [-0.39, 0.29) is 5.41 Å². The third-order valence-corrected chi connectivity index (χ3v) is 3.02. The molecule has 0 aromatic heterocycles. The standard InChI is InChI=1S/C17H22N2O2/c1-17(2,11-20-15-7-3-13(18)4-8-15)12-21-16-9-5-14(19)6-10-16/h3-10H,11-12,18-19H2,1-2H3. The van der Waals surface area contributed by atoms with Crippen molar-refractivity contribution in [2.24, 2.45) is 5.41 Å². The van der Waals surface area contributed by atoms with E-state index in [1.54, 1.807) is 0 Å². The molecule has 4 nitrogen and oxygen atoms in total. The Hall–Kier alpha value is -2.36. The molecule has 0 atom stereocenters. The van der Waals surface area contributed by atoms with Crippen LogP contribution < -0.4 is 20.9 Å². The highest BCUT2D eigenvalue weighted by Crippen LogP contribution is 2.22. The van der Waals surface area contributed by atoms with Gasteiger partial charge in [0.15, 0.2) is 0 Å². The van der Waals surface area contributed by atoms with Crippen LogP contribution in [0.2, 0.25) is 0 Å². The van der Waals surface area contributed by atoms with Crippen molar-refractivity contribution in [3.63, 3.8) is 0 Å². The number of anilines is 2. The lowest BCUT2D eigenvalue weighted by atomic mass is 9.96. The van der Waals surface area contributed by atoms with Crippen molar-refractivity contribution in [3.05, 3.63) is 48.5 Å². The van der Waals surface area contributed by atoms with Crippen LogP contribution in [0.5, 0.6) is 11.5 Å². The normalized spacial score (nSPS) is 11.1. The van der Waals surface area contributed by atoms with E-state index in [9.17, 15) is 0 Å². The van der Waals surface area contributed by atoms with Gasteiger partial charge in [-0.1, -0.05) is 13.8 Å². The van der Waals surface area contributed by atoms with E-state index in [2.05, 4.69) is 13.8 Å². The van der Waals surface area contributed by atoms with E-state index in [1.165, 1.54) is 0 Å². The summed E-state index contributed by atoms with van der Waals surface area (Å²) < 4.78 is 11.6. The molecule has 2 rings (SSSR count). The van der Waals surface area contributed by atoms with Gasteiger partial charge in [0.1, 0.15) is 11.5 Å². The van der Waals surface area contributed by atoms with Gasteiger partial charge in [-0.15, -0.1) is 0 Å². The maximum atomic E-state index is 5.78. The highest BCUT2D eigenvalue weighted by molar-refractivity contribution is 5.42. The van der Waals surface area contributed by atoms with Crippen LogP contribution in [0.4, 0.5) is 11.4 Å². The van der Waals surface area contributed by atoms with Crippen LogP contribution in [0.1, 0.15) is 13.8 Å². The SMILES string of the molecule is CC(C)(COc1ccc(N)cc1)COc1ccc(N)cc1. The summed E-state index contributed by atoms with van der Waals surface area (Å²) in [5, 5.41) is 0. The van der Waals surface area contributed by atoms with Gasteiger partial charge in [0.05, 0.1) is 13.2 Å². The van der Waals surface area contributed by atoms with Gasteiger partial charge in [0.25, 0.3) is 0 Å². The van der Waals surface area contributed by atoms with Gasteiger partial charge < -0.3 is 20.9 Å². The average Bonchev–Trinajstić information content (AvgIpc) is 2.46. The van der Waals surface area contributed by atoms with Crippen LogP contribution in [-0.4, -0.2) is 13.2 Å². The predicted molar refractivity (Wildman–Crippen MR) is 86.5 cm³/mol. The molecule has 0 aliphatic carbocycles. The largest absolute Gasteiger partial charge is 0.493 e. The Morgan fingerprint density at radius 3 is 1.38 bits per heavy atom. The van der Waals surface area contributed by atoms with Crippen molar-refractivity contribution in [2.45, 2.75) is 13.8 Å². The van der Waals surface area contributed by atoms with Gasteiger partial charge in [-0.05, 0) is 48.5 Å². The summed E-state index contributed by atoms with van der Waals surface area (Å²) in [5.41, 5.74) is 12.6. The van der Waals surface area contributed by atoms with E-state index < -0.39 is 0 Å². The molecule has 0 heterocycles. The molecule has 0 unspecified atom stereocenters. The number of benzene rings is 2. The lowest BCUT2D eigenvalue weighted by molar-refractivity contribution is 0.110. The molecule has 2 aromatic rings. The van der Waals surface area contributed by atoms with Crippen LogP contribution in [0.25, 0.3) is 0 Å². The van der Waals surface area contributed by atoms with E-state index in [0.29, 0.717) is 13.2 Å². The van der Waals surface area contributed by atoms with E-state index in [1.807, 2.05) is 48.5 Å². The molecule has 0 aliphatic heterocycles. The maximum Gasteiger partial charge on any atom is 0.119 e. The third-order valence-electron chi connectivity index (χ3n) is 3.02. The van der Waals surface area contributed by atoms with Crippen molar-refractivity contribution >= 4 is 11.4 Å². The average molecular weight is 286 g/mol. The molecule has 2 aromatic carbocycles. The smallest absolute Gasteiger partial charge is 0.119 e. The molecular formula is C17H22N2O2. The van der Waals surface area contributed by atoms with Gasteiger partial charge in [0, 0.05) is 16.8 Å². The molecule has 0 saturated heterocycles. The molecular weight excluding hydrogens is 264 g/mol. The summed E-state index contributed by atoms with van der Waals surface area (Å²) in [4.78, 5) is 0. The summed E-state index contributed by atoms with van der Waals surface area (Å²) in [7, 11) is 0. The lowest BCUT2D eigenvalue weighted by Crippen LogP contribution is -2.28. The van der Waals surface area contributed by atoms with E-state index in [4.69, 9.17) is 20.9 Å². The van der Waals surface area contributed by atoms with Gasteiger partial charge >= 0.3 is 0 Å². The van der Waals surface area contributed by atoms with E-state index >= 15 is 0 Å². The predicted octanol–water partition coefficient (Wildman–Crippen LogP) is 3.34. The van der Waals surface area contributed by atoms with Crippen molar-refractivity contribution < 1.29 is 9.47 Å². The fraction of sp³-hybridized carbons (Fsp3) is 0.294. The van der Waals surface area contributed by atoms with Gasteiger partial charge in [-0.25, -0.2) is 0 Å². The summed E-state index contributed by atoms with van der Waals surface area (Å²) in [5.74, 6) is 1.62. The molecule has 21 heavy (non-hydrogen) atoms. The molecule has 0 spiro atoms. The quantitative estimate of drug-likeness (QED) is 0.799. The van der Waals surface area contributed by atoms with Crippen LogP contribution in [0, 0.1) is 5.41 Å². The first-order valence-corrected chi connectivity index (χ1v) is 6.91. The van der Waals surface area contributed by atoms with Crippen molar-refractivity contribution in [3.8, 4) is 11.5 Å². The Morgan fingerprint density at radius 2 is 1.05 bits per heavy atom. The summed E-state index contributed by atoms with van der Waals surface area (Å²) in [6.45, 7) is 5.32. The van der Waals surface area contributed by atoms with Crippen LogP contribution >= 0.6 is 0 Å². The van der Waals surface area contributed by atoms with Gasteiger partial charge in [-0.3, -0.25) is 0 Å². The van der Waals surface area contributed by atoms with Crippen LogP contribution in [0.15, 0.2) is 48.5 Å². The maximum absolute atomic E-state index is 5.78. The minimum atomic E-state index is -0.108. The van der Waals surface area contributed by atoms with Crippen molar-refractivity contribution in [1.82, 2.24) is 0 Å². The summed E-state index contributed by atoms with van der Waals surface area (Å²) in [6, 6.07) is 14.8. The highest BCUT2D eigenvalue weighted by atomic mass is 16.5. The second kappa shape index (κ2) is 6.39. The fourth-order valence-corrected chi connectivity index (χ4v) is 1.73. The molecule has 0 radical (unpaired) electrons. The molecule has 0 saturated carbocycles. The molecule has 0 aliphatic rings. The zero-order valence-corrected chi connectivity index (χ0v) is 12.5. The first kappa shape index (κ1) is 15.0. The Kier molecular flexibility index (Phi) is 4.58. The molecule has 4 heteroatoms. The monoisotopic (exact) mass is 286 g/mol. The Labute approximate surface area is 125 Å². The third kappa shape index (κ3) is 4.91. The second-order valence-electron chi connectivity index (χ2n) is 5.88. The zero-order chi connectivity index (χ0) is 15.3. The lowest BCUT2D eigenvalue weighted by Gasteiger charge is -2.25.